The second kappa shape index (κ2) is 6.91. The molecule has 0 N–H and O–H groups in total. The molecule has 4 aliphatic carbocycles. The zero-order valence-corrected chi connectivity index (χ0v) is 18.6. The largest absolute Gasteiger partial charge is 0.342 e. The third-order valence-electron chi connectivity index (χ3n) is 8.07. The predicted octanol–water partition coefficient (Wildman–Crippen LogP) is 4.73. The van der Waals surface area contributed by atoms with Crippen LogP contribution in [-0.4, -0.2) is 27.6 Å². The second-order valence-electron chi connectivity index (χ2n) is 9.71. The van der Waals surface area contributed by atoms with Crippen LogP contribution >= 0.6 is 11.6 Å². The minimum atomic E-state index is -0.227. The number of amides is 2. The molecule has 2 amide bonds. The van der Waals surface area contributed by atoms with Crippen LogP contribution in [0.15, 0.2) is 72.0 Å². The second-order valence-corrected chi connectivity index (χ2v) is 10.1. The molecule has 0 spiro atoms. The third-order valence-corrected chi connectivity index (χ3v) is 8.44. The van der Waals surface area contributed by atoms with E-state index in [-0.39, 0.29) is 35.5 Å². The maximum absolute atomic E-state index is 13.2. The van der Waals surface area contributed by atoms with Gasteiger partial charge in [0.1, 0.15) is 0 Å². The molecule has 2 bridgehead atoms. The number of fused-ring (bicyclic) bond motifs is 1. The van der Waals surface area contributed by atoms with Crippen molar-refractivity contribution in [2.75, 3.05) is 0 Å². The fourth-order valence-corrected chi connectivity index (χ4v) is 6.69. The molecular formula is C27H22ClN3O2. The monoisotopic (exact) mass is 455 g/mol. The van der Waals surface area contributed by atoms with E-state index in [2.05, 4.69) is 27.9 Å². The lowest BCUT2D eigenvalue weighted by atomic mass is 9.63. The Bertz CT molecular complexity index is 1350. The summed E-state index contributed by atoms with van der Waals surface area (Å²) >= 11 is 6.39. The molecule has 1 aromatic heterocycles. The van der Waals surface area contributed by atoms with Gasteiger partial charge in [-0.15, -0.1) is 0 Å². The van der Waals surface area contributed by atoms with Gasteiger partial charge < -0.3 is 4.57 Å². The molecule has 8 rings (SSSR count). The average Bonchev–Trinajstić information content (AvgIpc) is 3.54. The van der Waals surface area contributed by atoms with E-state index < -0.39 is 0 Å². The molecule has 1 aliphatic heterocycles. The third kappa shape index (κ3) is 2.75. The van der Waals surface area contributed by atoms with Gasteiger partial charge in [-0.1, -0.05) is 60.2 Å². The first-order chi connectivity index (χ1) is 16.1. The van der Waals surface area contributed by atoms with Crippen LogP contribution < -0.4 is 0 Å². The number of hydrogen-bond acceptors (Lipinski definition) is 3. The van der Waals surface area contributed by atoms with E-state index in [0.29, 0.717) is 18.4 Å². The number of hydrogen-bond donors (Lipinski definition) is 0. The number of allylic oxidation sites excluding steroid dienone is 2. The molecule has 3 aromatic rings. The maximum Gasteiger partial charge on any atom is 0.254 e. The molecule has 2 heterocycles. The minimum Gasteiger partial charge on any atom is -0.342 e. The molecule has 6 atom stereocenters. The first-order valence-electron chi connectivity index (χ1n) is 11.5. The summed E-state index contributed by atoms with van der Waals surface area (Å²) in [7, 11) is 0. The summed E-state index contributed by atoms with van der Waals surface area (Å²) in [5.74, 6) is 0.870. The number of nitrogens with zero attached hydrogens (tertiary/aromatic N) is 3. The van der Waals surface area contributed by atoms with E-state index in [1.807, 2.05) is 48.7 Å². The van der Waals surface area contributed by atoms with Crippen LogP contribution in [0.2, 0.25) is 5.02 Å². The first-order valence-corrected chi connectivity index (χ1v) is 11.9. The van der Waals surface area contributed by atoms with Crippen molar-refractivity contribution >= 4 is 40.5 Å². The summed E-state index contributed by atoms with van der Waals surface area (Å²) in [6.07, 6.45) is 9.19. The molecule has 0 unspecified atom stereocenters. The predicted molar refractivity (Wildman–Crippen MR) is 127 cm³/mol. The number of imide groups is 1. The molecule has 33 heavy (non-hydrogen) atoms. The standard InChI is InChI=1S/C27H22ClN3O2/c28-22-7-3-1-5-15(22)13-30-14-16(17-6-2-4-8-23(17)30)12-29-31-26(32)24-18-9-10-19(21-11-20(18)21)25(24)27(31)33/h1-10,12,14,18-21,24-25H,11,13H2/b29-12-/t18-,19-,20-,21+,24+,25+/m0/s1. The number of para-hydroxylation sites is 1. The number of carbonyl (C=O) groups excluding carboxylic acids is 2. The van der Waals surface area contributed by atoms with Crippen LogP contribution in [0.5, 0.6) is 0 Å². The Balaban J connectivity index is 1.22. The van der Waals surface area contributed by atoms with Crippen LogP contribution in [0, 0.1) is 35.5 Å². The number of rotatable bonds is 4. The first kappa shape index (κ1) is 19.3. The molecule has 3 fully saturated rings. The Morgan fingerprint density at radius 3 is 2.33 bits per heavy atom. The number of hydrazone groups is 1. The van der Waals surface area contributed by atoms with Crippen molar-refractivity contribution < 1.29 is 9.59 Å². The highest BCUT2D eigenvalue weighted by atomic mass is 35.5. The van der Waals surface area contributed by atoms with Crippen LogP contribution in [0.25, 0.3) is 10.9 Å². The van der Waals surface area contributed by atoms with Gasteiger partial charge in [-0.25, -0.2) is 0 Å². The molecule has 5 nitrogen and oxygen atoms in total. The van der Waals surface area contributed by atoms with Crippen molar-refractivity contribution in [1.29, 1.82) is 0 Å². The van der Waals surface area contributed by atoms with Gasteiger partial charge in [-0.3, -0.25) is 9.59 Å². The summed E-state index contributed by atoms with van der Waals surface area (Å²) < 4.78 is 2.13. The molecule has 5 aliphatic rings. The van der Waals surface area contributed by atoms with E-state index in [1.54, 1.807) is 6.21 Å². The summed E-state index contributed by atoms with van der Waals surface area (Å²) in [6.45, 7) is 0.623. The molecule has 1 saturated heterocycles. The van der Waals surface area contributed by atoms with Gasteiger partial charge >= 0.3 is 0 Å². The Kier molecular flexibility index (Phi) is 4.04. The zero-order valence-electron chi connectivity index (χ0n) is 17.8. The summed E-state index contributed by atoms with van der Waals surface area (Å²) in [6, 6.07) is 15.9. The molecule has 2 saturated carbocycles. The van der Waals surface area contributed by atoms with E-state index in [0.717, 1.165) is 38.5 Å². The lowest BCUT2D eigenvalue weighted by Gasteiger charge is -2.37. The number of carbonyl (C=O) groups is 2. The van der Waals surface area contributed by atoms with Crippen molar-refractivity contribution in [3.63, 3.8) is 0 Å². The van der Waals surface area contributed by atoms with E-state index >= 15 is 0 Å². The molecular weight excluding hydrogens is 434 g/mol. The van der Waals surface area contributed by atoms with Crippen molar-refractivity contribution in [3.8, 4) is 0 Å². The van der Waals surface area contributed by atoms with Crippen LogP contribution in [0.3, 0.4) is 0 Å². The fraction of sp³-hybridized carbons (Fsp3) is 0.296. The maximum atomic E-state index is 13.2. The van der Waals surface area contributed by atoms with Gasteiger partial charge in [-0.05, 0) is 47.8 Å². The van der Waals surface area contributed by atoms with E-state index in [4.69, 9.17) is 11.6 Å². The minimum absolute atomic E-state index is 0.134. The highest BCUT2D eigenvalue weighted by Gasteiger charge is 2.67. The van der Waals surface area contributed by atoms with Gasteiger partial charge in [-0.2, -0.15) is 10.1 Å². The van der Waals surface area contributed by atoms with Gasteiger partial charge in [0.25, 0.3) is 11.8 Å². The van der Waals surface area contributed by atoms with Crippen molar-refractivity contribution in [3.05, 3.63) is 83.0 Å². The molecule has 164 valence electrons. The van der Waals surface area contributed by atoms with Crippen molar-refractivity contribution in [2.24, 2.45) is 40.6 Å². The Morgan fingerprint density at radius 1 is 0.939 bits per heavy atom. The Hall–Kier alpha value is -3.18. The van der Waals surface area contributed by atoms with Gasteiger partial charge in [0.2, 0.25) is 0 Å². The van der Waals surface area contributed by atoms with Crippen molar-refractivity contribution in [2.45, 2.75) is 13.0 Å². The summed E-state index contributed by atoms with van der Waals surface area (Å²) in [5.41, 5.74) is 2.95. The lowest BCUT2D eigenvalue weighted by Crippen LogP contribution is -2.40. The average molecular weight is 456 g/mol. The van der Waals surface area contributed by atoms with Crippen LogP contribution in [-0.2, 0) is 16.1 Å². The Labute approximate surface area is 196 Å². The van der Waals surface area contributed by atoms with Crippen LogP contribution in [0.1, 0.15) is 17.5 Å². The topological polar surface area (TPSA) is 54.7 Å². The lowest BCUT2D eigenvalue weighted by molar-refractivity contribution is -0.140. The number of aromatic nitrogens is 1. The van der Waals surface area contributed by atoms with Gasteiger partial charge in [0, 0.05) is 34.2 Å². The fourth-order valence-electron chi connectivity index (χ4n) is 6.49. The Morgan fingerprint density at radius 2 is 1.61 bits per heavy atom. The number of halogens is 1. The van der Waals surface area contributed by atoms with Gasteiger partial charge in [0.15, 0.2) is 0 Å². The van der Waals surface area contributed by atoms with Gasteiger partial charge in [0.05, 0.1) is 18.1 Å². The van der Waals surface area contributed by atoms with E-state index in [9.17, 15) is 9.59 Å². The summed E-state index contributed by atoms with van der Waals surface area (Å²) in [4.78, 5) is 26.4. The molecule has 2 aromatic carbocycles. The van der Waals surface area contributed by atoms with Crippen molar-refractivity contribution in [1.82, 2.24) is 9.58 Å². The normalized spacial score (nSPS) is 31.6. The zero-order chi connectivity index (χ0) is 22.3. The summed E-state index contributed by atoms with van der Waals surface area (Å²) in [5, 5.41) is 7.34. The quantitative estimate of drug-likeness (QED) is 0.324. The van der Waals surface area contributed by atoms with E-state index in [1.165, 1.54) is 0 Å². The van der Waals surface area contributed by atoms with Crippen LogP contribution in [0.4, 0.5) is 0 Å². The highest BCUT2D eigenvalue weighted by molar-refractivity contribution is 6.31. The smallest absolute Gasteiger partial charge is 0.254 e. The molecule has 0 radical (unpaired) electrons. The molecule has 6 heteroatoms. The SMILES string of the molecule is O=C1[C@@H]2[C@H]3C=C[C@@H]([C@@H]4C[C@H]34)[C@H]2C(=O)N1/N=C\c1cn(Cc2ccccc2Cl)c2ccccc12. The number of benzene rings is 2. The highest BCUT2D eigenvalue weighted by Crippen LogP contribution is 2.65.